The van der Waals surface area contributed by atoms with Gasteiger partial charge in [0.05, 0.1) is 6.17 Å². The summed E-state index contributed by atoms with van der Waals surface area (Å²) >= 11 is 5.51. The highest BCUT2D eigenvalue weighted by atomic mass is 32.1. The summed E-state index contributed by atoms with van der Waals surface area (Å²) in [6.07, 6.45) is 8.09. The zero-order valence-corrected chi connectivity index (χ0v) is 13.8. The average molecular weight is 299 g/mol. The zero-order valence-electron chi connectivity index (χ0n) is 13.0. The first-order valence-corrected chi connectivity index (χ1v) is 8.59. The van der Waals surface area contributed by atoms with Gasteiger partial charge in [-0.25, -0.2) is 0 Å². The summed E-state index contributed by atoms with van der Waals surface area (Å²) in [6, 6.07) is 0.591. The molecule has 2 rings (SSSR count). The second-order valence-corrected chi connectivity index (χ2v) is 6.62. The minimum atomic E-state index is 0.382. The molecule has 0 aromatic heterocycles. The first-order valence-electron chi connectivity index (χ1n) is 8.18. The SMILES string of the molecule is CCC(NC(=S)NC1CCCCC1)N1CCN(C)CC1. The number of hydrogen-bond donors (Lipinski definition) is 2. The highest BCUT2D eigenvalue weighted by molar-refractivity contribution is 7.80. The zero-order chi connectivity index (χ0) is 14.4. The maximum atomic E-state index is 5.51. The summed E-state index contributed by atoms with van der Waals surface area (Å²) in [4.78, 5) is 4.91. The largest absolute Gasteiger partial charge is 0.360 e. The Labute approximate surface area is 129 Å². The van der Waals surface area contributed by atoms with Crippen molar-refractivity contribution in [2.45, 2.75) is 57.7 Å². The predicted molar refractivity (Wildman–Crippen MR) is 88.9 cm³/mol. The Morgan fingerprint density at radius 3 is 2.40 bits per heavy atom. The van der Waals surface area contributed by atoms with E-state index in [4.69, 9.17) is 12.2 Å². The molecule has 2 fully saturated rings. The summed E-state index contributed by atoms with van der Waals surface area (Å²) in [5, 5.41) is 7.89. The van der Waals surface area contributed by atoms with Gasteiger partial charge in [0.15, 0.2) is 5.11 Å². The van der Waals surface area contributed by atoms with Gasteiger partial charge in [0.2, 0.25) is 0 Å². The van der Waals surface area contributed by atoms with Crippen LogP contribution in [-0.2, 0) is 0 Å². The van der Waals surface area contributed by atoms with Crippen molar-refractivity contribution in [1.29, 1.82) is 0 Å². The van der Waals surface area contributed by atoms with Gasteiger partial charge in [-0.1, -0.05) is 26.2 Å². The topological polar surface area (TPSA) is 30.5 Å². The second kappa shape index (κ2) is 8.15. The molecular weight excluding hydrogens is 268 g/mol. The fraction of sp³-hybridized carbons (Fsp3) is 0.933. The van der Waals surface area contributed by atoms with Crippen LogP contribution in [0.1, 0.15) is 45.4 Å². The molecule has 0 amide bonds. The number of likely N-dealkylation sites (N-methyl/N-ethyl adjacent to an activating group) is 1. The van der Waals surface area contributed by atoms with Crippen molar-refractivity contribution >= 4 is 17.3 Å². The van der Waals surface area contributed by atoms with E-state index in [0.29, 0.717) is 12.2 Å². The quantitative estimate of drug-likeness (QED) is 0.773. The highest BCUT2D eigenvalue weighted by Gasteiger charge is 2.22. The van der Waals surface area contributed by atoms with Crippen LogP contribution in [0.25, 0.3) is 0 Å². The number of piperazine rings is 1. The van der Waals surface area contributed by atoms with E-state index in [1.807, 2.05) is 0 Å². The number of nitrogens with zero attached hydrogens (tertiary/aromatic N) is 2. The molecule has 116 valence electrons. The van der Waals surface area contributed by atoms with Crippen LogP contribution in [0.2, 0.25) is 0 Å². The molecule has 1 saturated heterocycles. The third-order valence-electron chi connectivity index (χ3n) is 4.60. The van der Waals surface area contributed by atoms with E-state index in [1.165, 1.54) is 32.1 Å². The van der Waals surface area contributed by atoms with Crippen LogP contribution in [0.15, 0.2) is 0 Å². The first-order chi connectivity index (χ1) is 9.69. The van der Waals surface area contributed by atoms with Crippen LogP contribution in [0.3, 0.4) is 0 Å². The first kappa shape index (κ1) is 16.0. The van der Waals surface area contributed by atoms with Crippen LogP contribution in [0, 0.1) is 0 Å². The molecule has 0 bridgehead atoms. The number of rotatable bonds is 4. The van der Waals surface area contributed by atoms with Crippen molar-refractivity contribution < 1.29 is 0 Å². The average Bonchev–Trinajstić information content (AvgIpc) is 2.47. The van der Waals surface area contributed by atoms with Crippen LogP contribution >= 0.6 is 12.2 Å². The Kier molecular flexibility index (Phi) is 6.52. The molecule has 1 aliphatic heterocycles. The van der Waals surface area contributed by atoms with E-state index >= 15 is 0 Å². The number of hydrogen-bond acceptors (Lipinski definition) is 3. The molecule has 0 spiro atoms. The van der Waals surface area contributed by atoms with Gasteiger partial charge in [-0.05, 0) is 38.5 Å². The normalized spacial score (nSPS) is 24.3. The van der Waals surface area contributed by atoms with Crippen molar-refractivity contribution in [2.75, 3.05) is 33.2 Å². The molecule has 0 aromatic carbocycles. The minimum absolute atomic E-state index is 0.382. The van der Waals surface area contributed by atoms with Crippen molar-refractivity contribution in [2.24, 2.45) is 0 Å². The second-order valence-electron chi connectivity index (χ2n) is 6.22. The Hall–Kier alpha value is -0.390. The molecule has 1 unspecified atom stereocenters. The van der Waals surface area contributed by atoms with Crippen LogP contribution in [0.5, 0.6) is 0 Å². The molecule has 0 aromatic rings. The highest BCUT2D eigenvalue weighted by Crippen LogP contribution is 2.17. The fourth-order valence-corrected chi connectivity index (χ4v) is 3.51. The van der Waals surface area contributed by atoms with E-state index < -0.39 is 0 Å². The molecular formula is C15H30N4S. The summed E-state index contributed by atoms with van der Waals surface area (Å²) in [5.74, 6) is 0. The Balaban J connectivity index is 1.75. The maximum Gasteiger partial charge on any atom is 0.167 e. The Morgan fingerprint density at radius 1 is 1.15 bits per heavy atom. The van der Waals surface area contributed by atoms with Crippen molar-refractivity contribution in [3.05, 3.63) is 0 Å². The monoisotopic (exact) mass is 298 g/mol. The van der Waals surface area contributed by atoms with Crippen molar-refractivity contribution in [3.63, 3.8) is 0 Å². The molecule has 2 N–H and O–H groups in total. The third kappa shape index (κ3) is 4.86. The lowest BCUT2D eigenvalue weighted by Gasteiger charge is -2.38. The van der Waals surface area contributed by atoms with Crippen molar-refractivity contribution in [1.82, 2.24) is 20.4 Å². The van der Waals surface area contributed by atoms with Gasteiger partial charge in [0, 0.05) is 32.2 Å². The van der Waals surface area contributed by atoms with Crippen LogP contribution in [-0.4, -0.2) is 60.3 Å². The molecule has 0 radical (unpaired) electrons. The van der Waals surface area contributed by atoms with E-state index in [2.05, 4.69) is 34.4 Å². The van der Waals surface area contributed by atoms with Gasteiger partial charge < -0.3 is 15.5 Å². The lowest BCUT2D eigenvalue weighted by atomic mass is 9.96. The van der Waals surface area contributed by atoms with Gasteiger partial charge in [0.1, 0.15) is 0 Å². The van der Waals surface area contributed by atoms with E-state index in [-0.39, 0.29) is 0 Å². The van der Waals surface area contributed by atoms with Crippen molar-refractivity contribution in [3.8, 4) is 0 Å². The van der Waals surface area contributed by atoms with Crippen LogP contribution in [0.4, 0.5) is 0 Å². The molecule has 5 heteroatoms. The summed E-state index contributed by atoms with van der Waals surface area (Å²) in [5.41, 5.74) is 0. The van der Waals surface area contributed by atoms with E-state index in [1.54, 1.807) is 0 Å². The van der Waals surface area contributed by atoms with Gasteiger partial charge >= 0.3 is 0 Å². The van der Waals surface area contributed by atoms with E-state index in [9.17, 15) is 0 Å². The molecule has 1 heterocycles. The molecule has 1 saturated carbocycles. The third-order valence-corrected chi connectivity index (χ3v) is 4.84. The fourth-order valence-electron chi connectivity index (χ4n) is 3.21. The predicted octanol–water partition coefficient (Wildman–Crippen LogP) is 1.77. The molecule has 1 atom stereocenters. The van der Waals surface area contributed by atoms with Gasteiger partial charge in [-0.2, -0.15) is 0 Å². The van der Waals surface area contributed by atoms with Gasteiger partial charge in [-0.15, -0.1) is 0 Å². The molecule has 20 heavy (non-hydrogen) atoms. The Morgan fingerprint density at radius 2 is 1.80 bits per heavy atom. The van der Waals surface area contributed by atoms with Gasteiger partial charge in [-0.3, -0.25) is 4.90 Å². The van der Waals surface area contributed by atoms with E-state index in [0.717, 1.165) is 37.7 Å². The molecule has 1 aliphatic carbocycles. The standard InChI is InChI=1S/C15H30N4S/c1-3-14(19-11-9-18(2)10-12-19)17-15(20)16-13-7-5-4-6-8-13/h13-14H,3-12H2,1-2H3,(H2,16,17,20). The summed E-state index contributed by atoms with van der Waals surface area (Å²) < 4.78 is 0. The summed E-state index contributed by atoms with van der Waals surface area (Å²) in [7, 11) is 2.20. The lowest BCUT2D eigenvalue weighted by Crippen LogP contribution is -2.57. The Bertz CT molecular complexity index is 296. The molecule has 4 nitrogen and oxygen atoms in total. The summed E-state index contributed by atoms with van der Waals surface area (Å²) in [6.45, 7) is 6.81. The molecule has 2 aliphatic rings. The van der Waals surface area contributed by atoms with Crippen LogP contribution < -0.4 is 10.6 Å². The number of nitrogens with one attached hydrogen (secondary N) is 2. The minimum Gasteiger partial charge on any atom is -0.360 e. The smallest absolute Gasteiger partial charge is 0.167 e. The van der Waals surface area contributed by atoms with Gasteiger partial charge in [0.25, 0.3) is 0 Å². The lowest BCUT2D eigenvalue weighted by molar-refractivity contribution is 0.102. The number of thiocarbonyl (C=S) groups is 1. The maximum absolute atomic E-state index is 5.51.